The normalized spacial score (nSPS) is 14.3. The molecule has 536 valence electrons. The molecule has 11 rings (SSSR count). The third-order valence-electron chi connectivity index (χ3n) is 16.7. The number of benzene rings is 6. The lowest BCUT2D eigenvalue weighted by molar-refractivity contribution is -0.134. The number of halogens is 4. The molecule has 4 N–H and O–H groups in total. The first kappa shape index (κ1) is 75.4. The molecule has 0 spiro atoms. The molecule has 6 aromatic carbocycles. The van der Waals surface area contributed by atoms with Gasteiger partial charge in [0.15, 0.2) is 0 Å². The summed E-state index contributed by atoms with van der Waals surface area (Å²) in [6, 6.07) is 36.1. The van der Waals surface area contributed by atoms with Crippen molar-refractivity contribution in [1.29, 1.82) is 0 Å². The molecule has 6 amide bonds. The summed E-state index contributed by atoms with van der Waals surface area (Å²) in [6.45, 7) is 4.17. The van der Waals surface area contributed by atoms with Crippen molar-refractivity contribution >= 4 is 104 Å². The standard InChI is InChI=1S/C40H44Cl2N8O8.C33H29Cl2N5O5/c1-55-17-18-57-20-19-56-16-15-49-25-30(46-47-49)9-12-37(52)48-13-14-50(31(26-48)24-43-36(51)21-27-5-3-2-4-6-27)40(54)58-35-11-8-29(42)23-33(35)38-44-34-10-7-28(41)22-32(34)39(53)45-38;1-2-3-9-30(42)39-14-15-40(24(20-39)19-36-29(41)16-21-7-5-4-6-8-21)33(44)45-28-13-11-23(35)18-26(28)31-37-27-12-10-22(34)17-25(27)32(43)38-31/h2-8,10-11,22-23,25,31H,9,12-21,24,26H2,1H3,(H,43,51)(H,44,45,53);1,4-8,10-13,17-18,24H,3,9,14-16,19-20H2,(H,36,41)(H,37,38,43). The van der Waals surface area contributed by atoms with Gasteiger partial charge in [-0.3, -0.25) is 38.6 Å². The number of piperazine rings is 2. The Morgan fingerprint density at radius 1 is 0.573 bits per heavy atom. The Bertz CT molecular complexity index is 4660. The van der Waals surface area contributed by atoms with E-state index in [1.165, 1.54) is 46.2 Å². The van der Waals surface area contributed by atoms with Gasteiger partial charge < -0.3 is 54.1 Å². The average Bonchev–Trinajstić information content (AvgIpc) is 1.14. The minimum absolute atomic E-state index is 0.0653. The number of nitrogens with zero attached hydrogens (tertiary/aromatic N) is 9. The number of carbonyl (C=O) groups is 6. The Kier molecular flexibility index (Phi) is 27.2. The summed E-state index contributed by atoms with van der Waals surface area (Å²) >= 11 is 24.8. The average molecular weight is 1480 g/mol. The number of fused-ring (bicyclic) bond motifs is 2. The van der Waals surface area contributed by atoms with Crippen molar-refractivity contribution in [3.63, 3.8) is 0 Å². The molecule has 0 radical (unpaired) electrons. The van der Waals surface area contributed by atoms with E-state index in [1.54, 1.807) is 64.2 Å². The van der Waals surface area contributed by atoms with Gasteiger partial charge in [-0.25, -0.2) is 24.2 Å². The van der Waals surface area contributed by atoms with Gasteiger partial charge in [0.1, 0.15) is 23.1 Å². The number of amides is 6. The monoisotopic (exact) mass is 1480 g/mol. The van der Waals surface area contributed by atoms with Crippen LogP contribution in [0.5, 0.6) is 11.5 Å². The topological polar surface area (TPSA) is 308 Å². The third-order valence-corrected chi connectivity index (χ3v) is 17.6. The van der Waals surface area contributed by atoms with Gasteiger partial charge >= 0.3 is 12.2 Å². The summed E-state index contributed by atoms with van der Waals surface area (Å²) in [7, 11) is 1.62. The van der Waals surface area contributed by atoms with E-state index in [0.29, 0.717) is 106 Å². The number of carbonyl (C=O) groups excluding carboxylic acids is 6. The predicted molar refractivity (Wildman–Crippen MR) is 388 cm³/mol. The van der Waals surface area contributed by atoms with Crippen molar-refractivity contribution in [2.24, 2.45) is 0 Å². The van der Waals surface area contributed by atoms with E-state index in [2.05, 4.69) is 46.8 Å². The van der Waals surface area contributed by atoms with Gasteiger partial charge in [0.05, 0.1) is 103 Å². The molecule has 0 bridgehead atoms. The number of terminal acetylenes is 1. The molecule has 2 fully saturated rings. The summed E-state index contributed by atoms with van der Waals surface area (Å²) in [5, 5.41) is 16.2. The van der Waals surface area contributed by atoms with E-state index >= 15 is 0 Å². The number of methoxy groups -OCH3 is 1. The predicted octanol–water partition coefficient (Wildman–Crippen LogP) is 8.85. The molecular formula is C73H73Cl4N13O13. The molecule has 2 unspecified atom stereocenters. The summed E-state index contributed by atoms with van der Waals surface area (Å²) in [6.07, 6.45) is 7.05. The van der Waals surface area contributed by atoms with E-state index in [1.807, 2.05) is 60.7 Å². The minimum Gasteiger partial charge on any atom is -0.409 e. The Morgan fingerprint density at radius 3 is 1.51 bits per heavy atom. The summed E-state index contributed by atoms with van der Waals surface area (Å²) < 4.78 is 29.4. The van der Waals surface area contributed by atoms with Crippen LogP contribution < -0.4 is 31.2 Å². The highest BCUT2D eigenvalue weighted by atomic mass is 35.5. The van der Waals surface area contributed by atoms with Crippen LogP contribution in [0.3, 0.4) is 0 Å². The zero-order valence-corrected chi connectivity index (χ0v) is 59.0. The van der Waals surface area contributed by atoms with Crippen molar-refractivity contribution in [2.45, 2.75) is 57.2 Å². The lowest BCUT2D eigenvalue weighted by Gasteiger charge is -2.40. The fraction of sp³-hybridized carbons (Fsp3) is 0.315. The summed E-state index contributed by atoms with van der Waals surface area (Å²) in [4.78, 5) is 126. The molecule has 0 aliphatic carbocycles. The maximum Gasteiger partial charge on any atom is 0.415 e. The van der Waals surface area contributed by atoms with Crippen LogP contribution in [0, 0.1) is 12.3 Å². The SMILES string of the molecule is C#CCCC(=O)N1CCN(C(=O)Oc2ccc(Cl)cc2-c2nc3ccc(Cl)cc3c(=O)[nH]2)C(CNC(=O)Cc2ccccc2)C1.COCCOCCOCCn1cc(CCC(=O)N2CCN(C(=O)Oc3ccc(Cl)cc3-c3nc4ccc(Cl)cc4c(=O)[nH]3)C(CNC(=O)Cc3ccccc3)C2)nn1. The number of aromatic amines is 2. The van der Waals surface area contributed by atoms with Crippen molar-refractivity contribution < 1.29 is 52.5 Å². The zero-order chi connectivity index (χ0) is 72.8. The second kappa shape index (κ2) is 37.1. The summed E-state index contributed by atoms with van der Waals surface area (Å²) in [5.74, 6) is 2.25. The van der Waals surface area contributed by atoms with Gasteiger partial charge in [0.2, 0.25) is 23.6 Å². The lowest BCUT2D eigenvalue weighted by Crippen LogP contribution is -2.60. The maximum atomic E-state index is 14.0. The number of H-pyrrole nitrogens is 2. The van der Waals surface area contributed by atoms with Crippen LogP contribution in [0.15, 0.2) is 149 Å². The van der Waals surface area contributed by atoms with E-state index in [0.717, 1.165) is 11.1 Å². The fourth-order valence-corrected chi connectivity index (χ4v) is 12.1. The van der Waals surface area contributed by atoms with Gasteiger partial charge in [-0.05, 0) is 83.9 Å². The highest BCUT2D eigenvalue weighted by molar-refractivity contribution is 6.32. The van der Waals surface area contributed by atoms with Gasteiger partial charge in [0.25, 0.3) is 11.1 Å². The van der Waals surface area contributed by atoms with Crippen LogP contribution in [-0.4, -0.2) is 195 Å². The number of aryl methyl sites for hydroxylation is 1. The van der Waals surface area contributed by atoms with Crippen molar-refractivity contribution in [2.75, 3.05) is 92.5 Å². The highest BCUT2D eigenvalue weighted by Gasteiger charge is 2.36. The molecular weight excluding hydrogens is 1410 g/mol. The van der Waals surface area contributed by atoms with Crippen LogP contribution in [0.1, 0.15) is 36.1 Å². The first-order valence-electron chi connectivity index (χ1n) is 33.0. The van der Waals surface area contributed by atoms with Gasteiger partial charge in [0, 0.05) is 111 Å². The number of ether oxygens (including phenoxy) is 5. The molecule has 2 atom stereocenters. The highest BCUT2D eigenvalue weighted by Crippen LogP contribution is 2.34. The van der Waals surface area contributed by atoms with E-state index in [4.69, 9.17) is 76.5 Å². The number of aromatic nitrogens is 7. The second-order valence-corrected chi connectivity index (χ2v) is 25.6. The van der Waals surface area contributed by atoms with Crippen molar-refractivity contribution in [3.05, 3.63) is 197 Å². The fourth-order valence-electron chi connectivity index (χ4n) is 11.4. The molecule has 0 saturated carbocycles. The molecule has 26 nitrogen and oxygen atoms in total. The molecule has 9 aromatic rings. The molecule has 3 aromatic heterocycles. The molecule has 5 heterocycles. The molecule has 2 aliphatic rings. The van der Waals surface area contributed by atoms with Crippen LogP contribution in [0.4, 0.5) is 9.59 Å². The largest absolute Gasteiger partial charge is 0.415 e. The van der Waals surface area contributed by atoms with Crippen LogP contribution in [-0.2, 0) is 59.2 Å². The zero-order valence-electron chi connectivity index (χ0n) is 56.0. The Balaban J connectivity index is 0.000000229. The van der Waals surface area contributed by atoms with Crippen molar-refractivity contribution in [3.8, 4) is 46.6 Å². The van der Waals surface area contributed by atoms with Crippen LogP contribution >= 0.6 is 46.4 Å². The van der Waals surface area contributed by atoms with E-state index in [9.17, 15) is 38.4 Å². The molecule has 103 heavy (non-hydrogen) atoms. The van der Waals surface area contributed by atoms with Crippen molar-refractivity contribution in [1.82, 2.24) is 65.2 Å². The number of hydrogen-bond acceptors (Lipinski definition) is 17. The van der Waals surface area contributed by atoms with Gasteiger partial charge in [-0.2, -0.15) is 0 Å². The maximum absolute atomic E-state index is 14.0. The second-order valence-electron chi connectivity index (χ2n) is 23.9. The first-order chi connectivity index (χ1) is 49.9. The van der Waals surface area contributed by atoms with E-state index < -0.39 is 35.4 Å². The van der Waals surface area contributed by atoms with Gasteiger partial charge in [-0.15, -0.1) is 17.4 Å². The molecule has 30 heteroatoms. The smallest absolute Gasteiger partial charge is 0.409 e. The third kappa shape index (κ3) is 21.4. The van der Waals surface area contributed by atoms with E-state index in [-0.39, 0.29) is 130 Å². The van der Waals surface area contributed by atoms with Crippen LogP contribution in [0.2, 0.25) is 20.1 Å². The van der Waals surface area contributed by atoms with Gasteiger partial charge in [-0.1, -0.05) is 112 Å². The molecule has 2 saturated heterocycles. The minimum atomic E-state index is -0.716. The Hall–Kier alpha value is -10.2. The number of hydrogen-bond donors (Lipinski definition) is 4. The molecule has 2 aliphatic heterocycles. The number of nitrogens with one attached hydrogen (secondary N) is 4. The quantitative estimate of drug-likeness (QED) is 0.0290. The Labute approximate surface area is 611 Å². The number of rotatable bonds is 26. The lowest BCUT2D eigenvalue weighted by atomic mass is 10.1. The first-order valence-corrected chi connectivity index (χ1v) is 34.5. The van der Waals surface area contributed by atoms with Crippen LogP contribution in [0.25, 0.3) is 44.6 Å². The Morgan fingerprint density at radius 2 is 1.03 bits per heavy atom. The summed E-state index contributed by atoms with van der Waals surface area (Å²) in [5.41, 5.74) is 2.84.